The summed E-state index contributed by atoms with van der Waals surface area (Å²) in [7, 11) is 0. The van der Waals surface area contributed by atoms with Gasteiger partial charge in [-0.05, 0) is 53.7 Å². The molecule has 3 aromatic carbocycles. The molecular weight excluding hydrogens is 608 g/mol. The summed E-state index contributed by atoms with van der Waals surface area (Å²) in [5.41, 5.74) is 6.31. The summed E-state index contributed by atoms with van der Waals surface area (Å²) in [6.07, 6.45) is 15.9. The highest BCUT2D eigenvalue weighted by Gasteiger charge is 2.33. The smallest absolute Gasteiger partial charge is 0.217 e. The van der Waals surface area contributed by atoms with Crippen molar-refractivity contribution in [2.45, 2.75) is 136 Å². The summed E-state index contributed by atoms with van der Waals surface area (Å²) >= 11 is 0. The molecule has 3 aromatic rings. The van der Waals surface area contributed by atoms with E-state index in [1.54, 1.807) is 6.92 Å². The summed E-state index contributed by atoms with van der Waals surface area (Å²) in [5, 5.41) is 12.6. The molecule has 0 aliphatic carbocycles. The number of aliphatic hydroxyl groups excluding tert-OH is 1. The predicted octanol–water partition coefficient (Wildman–Crippen LogP) is 10.1. The Kier molecular flexibility index (Phi) is 17.3. The molecule has 268 valence electrons. The maximum absolute atomic E-state index is 11.6. The van der Waals surface area contributed by atoms with Gasteiger partial charge < -0.3 is 24.8 Å². The monoisotopic (exact) mass is 670 g/mol. The second kappa shape index (κ2) is 21.9. The van der Waals surface area contributed by atoms with E-state index in [4.69, 9.17) is 9.47 Å². The lowest BCUT2D eigenvalue weighted by molar-refractivity contribution is -0.253. The first-order valence-corrected chi connectivity index (χ1v) is 19.2. The van der Waals surface area contributed by atoms with Gasteiger partial charge in [0.25, 0.3) is 0 Å². The van der Waals surface area contributed by atoms with Crippen LogP contribution in [0.3, 0.4) is 0 Å². The fourth-order valence-corrected chi connectivity index (χ4v) is 6.84. The molecule has 1 amide bonds. The average molecular weight is 671 g/mol. The van der Waals surface area contributed by atoms with Gasteiger partial charge in [0, 0.05) is 32.0 Å². The Balaban J connectivity index is 1.49. The Bertz CT molecular complexity index is 1330. The number of carbonyl (C=O) groups excluding carboxylic acids is 1. The Hall–Kier alpha value is -3.03. The fourth-order valence-electron chi connectivity index (χ4n) is 6.84. The highest BCUT2D eigenvalue weighted by atomic mass is 16.7. The van der Waals surface area contributed by atoms with Crippen LogP contribution in [0.4, 0.5) is 0 Å². The van der Waals surface area contributed by atoms with E-state index in [2.05, 4.69) is 72.6 Å². The van der Waals surface area contributed by atoms with Crippen molar-refractivity contribution < 1.29 is 19.4 Å². The lowest BCUT2D eigenvalue weighted by atomic mass is 9.97. The third-order valence-corrected chi connectivity index (χ3v) is 9.77. The fraction of sp³-hybridized carbons (Fsp3) is 0.558. The van der Waals surface area contributed by atoms with Crippen LogP contribution in [0.2, 0.25) is 0 Å². The van der Waals surface area contributed by atoms with Crippen LogP contribution in [-0.4, -0.2) is 41.7 Å². The molecule has 6 nitrogen and oxygen atoms in total. The van der Waals surface area contributed by atoms with Gasteiger partial charge in [-0.2, -0.15) is 0 Å². The molecule has 1 heterocycles. The molecule has 6 heteroatoms. The molecule has 1 saturated heterocycles. The molecule has 0 aromatic heterocycles. The van der Waals surface area contributed by atoms with Gasteiger partial charge in [-0.25, -0.2) is 0 Å². The summed E-state index contributed by atoms with van der Waals surface area (Å²) in [5.74, 6) is -0.0376. The summed E-state index contributed by atoms with van der Waals surface area (Å²) in [6, 6.07) is 24.9. The number of hydrogen-bond donors (Lipinski definition) is 2. The van der Waals surface area contributed by atoms with Gasteiger partial charge in [-0.15, -0.1) is 0 Å². The molecule has 0 bridgehead atoms. The second-order valence-corrected chi connectivity index (χ2v) is 13.9. The maximum atomic E-state index is 11.6. The van der Waals surface area contributed by atoms with Gasteiger partial charge in [0.05, 0.1) is 18.8 Å². The molecule has 0 saturated carbocycles. The molecule has 49 heavy (non-hydrogen) atoms. The minimum Gasteiger partial charge on any atom is -0.392 e. The van der Waals surface area contributed by atoms with Gasteiger partial charge in [0.15, 0.2) is 6.29 Å². The Labute approximate surface area is 296 Å². The second-order valence-electron chi connectivity index (χ2n) is 13.9. The molecule has 0 radical (unpaired) electrons. The van der Waals surface area contributed by atoms with Gasteiger partial charge in [0.1, 0.15) is 0 Å². The van der Waals surface area contributed by atoms with Crippen molar-refractivity contribution in [2.75, 3.05) is 19.6 Å². The largest absolute Gasteiger partial charge is 0.392 e. The zero-order chi connectivity index (χ0) is 34.7. The third-order valence-electron chi connectivity index (χ3n) is 9.77. The van der Waals surface area contributed by atoms with E-state index in [1.807, 2.05) is 24.3 Å². The summed E-state index contributed by atoms with van der Waals surface area (Å²) < 4.78 is 13.5. The highest BCUT2D eigenvalue weighted by Crippen LogP contribution is 2.39. The molecule has 0 spiro atoms. The first-order chi connectivity index (χ1) is 24.0. The van der Waals surface area contributed by atoms with E-state index in [-0.39, 0.29) is 24.7 Å². The number of rotatable bonds is 22. The minimum atomic E-state index is -0.477. The van der Waals surface area contributed by atoms with Gasteiger partial charge >= 0.3 is 0 Å². The quantitative estimate of drug-likeness (QED) is 0.104. The van der Waals surface area contributed by atoms with Crippen LogP contribution in [0, 0.1) is 0 Å². The standard InChI is InChI=1S/C43H62N2O4/c1-4-6-8-10-12-16-28-45(29-17-13-11-9-7-5-2)32-40-30-42(37-22-20-35(33-46)21-23-37)49-43(48-40)38-26-24-36(25-27-38)41-19-15-14-18-39(41)31-44-34(3)47/h14-15,18-27,40,42-43,46H,4-13,16-17,28-33H2,1-3H3,(H,44,47). The van der Waals surface area contributed by atoms with Crippen molar-refractivity contribution in [3.63, 3.8) is 0 Å². The summed E-state index contributed by atoms with van der Waals surface area (Å²) in [6.45, 7) is 9.78. The van der Waals surface area contributed by atoms with Crippen LogP contribution in [0.25, 0.3) is 11.1 Å². The Morgan fingerprint density at radius 3 is 1.96 bits per heavy atom. The Morgan fingerprint density at radius 1 is 0.755 bits per heavy atom. The van der Waals surface area contributed by atoms with Crippen molar-refractivity contribution in [3.8, 4) is 11.1 Å². The van der Waals surface area contributed by atoms with Crippen LogP contribution < -0.4 is 5.32 Å². The number of ether oxygens (including phenoxy) is 2. The van der Waals surface area contributed by atoms with Crippen molar-refractivity contribution in [1.82, 2.24) is 10.2 Å². The number of carbonyl (C=O) groups is 1. The third kappa shape index (κ3) is 13.3. The van der Waals surface area contributed by atoms with E-state index in [1.165, 1.54) is 77.0 Å². The van der Waals surface area contributed by atoms with Crippen LogP contribution in [0.15, 0.2) is 72.8 Å². The molecule has 3 unspecified atom stereocenters. The van der Waals surface area contributed by atoms with Gasteiger partial charge in [0.2, 0.25) is 5.91 Å². The average Bonchev–Trinajstić information content (AvgIpc) is 3.13. The SMILES string of the molecule is CCCCCCCCN(CCCCCCCC)CC1CC(c2ccc(CO)cc2)OC(c2ccc(-c3ccccc3CNC(C)=O)cc2)O1. The molecule has 1 aliphatic rings. The van der Waals surface area contributed by atoms with Crippen molar-refractivity contribution in [2.24, 2.45) is 0 Å². The number of hydrogen-bond acceptors (Lipinski definition) is 5. The van der Waals surface area contributed by atoms with Gasteiger partial charge in [-0.1, -0.05) is 151 Å². The zero-order valence-electron chi connectivity index (χ0n) is 30.5. The van der Waals surface area contributed by atoms with Crippen molar-refractivity contribution >= 4 is 5.91 Å². The highest BCUT2D eigenvalue weighted by molar-refractivity contribution is 5.74. The topological polar surface area (TPSA) is 71.0 Å². The van der Waals surface area contributed by atoms with Crippen molar-refractivity contribution in [3.05, 3.63) is 95.1 Å². The summed E-state index contributed by atoms with van der Waals surface area (Å²) in [4.78, 5) is 14.2. The lowest BCUT2D eigenvalue weighted by Crippen LogP contribution is -2.40. The molecule has 1 aliphatic heterocycles. The maximum Gasteiger partial charge on any atom is 0.217 e. The normalized spacial score (nSPS) is 17.8. The van der Waals surface area contributed by atoms with Crippen LogP contribution in [0.1, 0.15) is 139 Å². The van der Waals surface area contributed by atoms with Gasteiger partial charge in [-0.3, -0.25) is 4.79 Å². The molecule has 3 atom stereocenters. The van der Waals surface area contributed by atoms with E-state index < -0.39 is 6.29 Å². The van der Waals surface area contributed by atoms with E-state index >= 15 is 0 Å². The lowest BCUT2D eigenvalue weighted by Gasteiger charge is -2.38. The van der Waals surface area contributed by atoms with Crippen molar-refractivity contribution in [1.29, 1.82) is 0 Å². The number of aliphatic hydroxyl groups is 1. The van der Waals surface area contributed by atoms with Crippen LogP contribution in [-0.2, 0) is 27.4 Å². The van der Waals surface area contributed by atoms with E-state index in [0.717, 1.165) is 59.4 Å². The first-order valence-electron chi connectivity index (χ1n) is 19.2. The van der Waals surface area contributed by atoms with Crippen LogP contribution >= 0.6 is 0 Å². The zero-order valence-corrected chi connectivity index (χ0v) is 30.5. The molecule has 1 fully saturated rings. The predicted molar refractivity (Wildman–Crippen MR) is 201 cm³/mol. The number of nitrogens with one attached hydrogen (secondary N) is 1. The van der Waals surface area contributed by atoms with Crippen LogP contribution in [0.5, 0.6) is 0 Å². The number of unbranched alkanes of at least 4 members (excludes halogenated alkanes) is 10. The van der Waals surface area contributed by atoms with E-state index in [9.17, 15) is 9.90 Å². The number of amides is 1. The molecule has 4 rings (SSSR count). The number of nitrogens with zero attached hydrogens (tertiary/aromatic N) is 1. The minimum absolute atomic E-state index is 0.0340. The Morgan fingerprint density at radius 2 is 1.35 bits per heavy atom. The molecular formula is C43H62N2O4. The molecule has 2 N–H and O–H groups in total. The van der Waals surface area contributed by atoms with E-state index in [0.29, 0.717) is 6.54 Å². The number of benzene rings is 3. The first kappa shape index (κ1) is 38.8.